The highest BCUT2D eigenvalue weighted by molar-refractivity contribution is 6.30. The molecule has 0 bridgehead atoms. The van der Waals surface area contributed by atoms with Crippen molar-refractivity contribution < 1.29 is 4.74 Å². The van der Waals surface area contributed by atoms with E-state index in [1.807, 2.05) is 24.3 Å². The van der Waals surface area contributed by atoms with Crippen LogP contribution in [0.3, 0.4) is 0 Å². The van der Waals surface area contributed by atoms with Crippen LogP contribution < -0.4 is 10.1 Å². The molecule has 96 valence electrons. The summed E-state index contributed by atoms with van der Waals surface area (Å²) in [6.07, 6.45) is 3.47. The van der Waals surface area contributed by atoms with Gasteiger partial charge in [0.2, 0.25) is 0 Å². The Kier molecular flexibility index (Phi) is 7.06. The summed E-state index contributed by atoms with van der Waals surface area (Å²) < 4.78 is 5.75. The van der Waals surface area contributed by atoms with Crippen LogP contribution in [0.25, 0.3) is 0 Å². The van der Waals surface area contributed by atoms with Gasteiger partial charge in [-0.3, -0.25) is 0 Å². The molecule has 0 heterocycles. The van der Waals surface area contributed by atoms with Gasteiger partial charge in [-0.15, -0.1) is 0 Å². The van der Waals surface area contributed by atoms with Crippen LogP contribution in [0.15, 0.2) is 24.3 Å². The molecule has 0 amide bonds. The summed E-state index contributed by atoms with van der Waals surface area (Å²) >= 11 is 5.82. The van der Waals surface area contributed by atoms with Crippen LogP contribution in [-0.4, -0.2) is 19.2 Å². The van der Waals surface area contributed by atoms with E-state index < -0.39 is 0 Å². The molecule has 0 aliphatic heterocycles. The Balaban J connectivity index is 2.37. The first-order valence-electron chi connectivity index (χ1n) is 6.38. The number of rotatable bonds is 8. The van der Waals surface area contributed by atoms with Gasteiger partial charge >= 0.3 is 0 Å². The predicted molar refractivity (Wildman–Crippen MR) is 73.9 cm³/mol. The first-order valence-corrected chi connectivity index (χ1v) is 6.75. The fraction of sp³-hybridized carbons (Fsp3) is 0.571. The third-order valence-electron chi connectivity index (χ3n) is 2.58. The molecular weight excluding hydrogens is 234 g/mol. The van der Waals surface area contributed by atoms with Gasteiger partial charge in [-0.05, 0) is 43.7 Å². The van der Waals surface area contributed by atoms with Gasteiger partial charge in [0.1, 0.15) is 12.4 Å². The van der Waals surface area contributed by atoms with Gasteiger partial charge in [-0.2, -0.15) is 0 Å². The van der Waals surface area contributed by atoms with E-state index >= 15 is 0 Å². The second-order valence-corrected chi connectivity index (χ2v) is 4.64. The second-order valence-electron chi connectivity index (χ2n) is 4.20. The molecule has 0 fully saturated rings. The summed E-state index contributed by atoms with van der Waals surface area (Å²) in [7, 11) is 0. The zero-order chi connectivity index (χ0) is 12.5. The predicted octanol–water partition coefficient (Wildman–Crippen LogP) is 3.89. The minimum Gasteiger partial charge on any atom is -0.492 e. The number of ether oxygens (including phenoxy) is 1. The van der Waals surface area contributed by atoms with Crippen molar-refractivity contribution in [1.82, 2.24) is 5.32 Å². The molecule has 1 atom stereocenters. The maximum Gasteiger partial charge on any atom is 0.119 e. The molecule has 1 rings (SSSR count). The molecule has 1 N–H and O–H groups in total. The average Bonchev–Trinajstić information content (AvgIpc) is 2.35. The summed E-state index contributed by atoms with van der Waals surface area (Å²) in [5.41, 5.74) is 0. The first kappa shape index (κ1) is 14.3. The third kappa shape index (κ3) is 5.94. The summed E-state index contributed by atoms with van der Waals surface area (Å²) in [6, 6.07) is 7.96. The lowest BCUT2D eigenvalue weighted by atomic mass is 10.2. The van der Waals surface area contributed by atoms with E-state index in [4.69, 9.17) is 16.3 Å². The normalized spacial score (nSPS) is 12.4. The van der Waals surface area contributed by atoms with Crippen LogP contribution in [0.4, 0.5) is 0 Å². The van der Waals surface area contributed by atoms with E-state index in [9.17, 15) is 0 Å². The largest absolute Gasteiger partial charge is 0.492 e. The van der Waals surface area contributed by atoms with Gasteiger partial charge in [-0.25, -0.2) is 0 Å². The fourth-order valence-electron chi connectivity index (χ4n) is 1.67. The smallest absolute Gasteiger partial charge is 0.119 e. The number of halogens is 1. The third-order valence-corrected chi connectivity index (χ3v) is 2.84. The van der Waals surface area contributed by atoms with Crippen molar-refractivity contribution >= 4 is 11.6 Å². The molecule has 3 heteroatoms. The SMILES string of the molecule is CCCNC(CCC)COc1ccc(Cl)cc1. The Hall–Kier alpha value is -0.730. The van der Waals surface area contributed by atoms with E-state index in [1.54, 1.807) is 0 Å². The molecule has 1 aromatic rings. The van der Waals surface area contributed by atoms with Crippen molar-refractivity contribution in [2.24, 2.45) is 0 Å². The highest BCUT2D eigenvalue weighted by Crippen LogP contribution is 2.15. The topological polar surface area (TPSA) is 21.3 Å². The zero-order valence-electron chi connectivity index (χ0n) is 10.7. The lowest BCUT2D eigenvalue weighted by Crippen LogP contribution is -2.35. The Morgan fingerprint density at radius 1 is 1.18 bits per heavy atom. The average molecular weight is 256 g/mol. The molecule has 0 spiro atoms. The van der Waals surface area contributed by atoms with Gasteiger partial charge in [0, 0.05) is 11.1 Å². The molecule has 0 saturated carbocycles. The molecule has 17 heavy (non-hydrogen) atoms. The summed E-state index contributed by atoms with van der Waals surface area (Å²) in [6.45, 7) is 6.14. The Morgan fingerprint density at radius 2 is 1.88 bits per heavy atom. The van der Waals surface area contributed by atoms with Crippen LogP contribution in [-0.2, 0) is 0 Å². The van der Waals surface area contributed by atoms with E-state index in [0.717, 1.165) is 36.8 Å². The van der Waals surface area contributed by atoms with E-state index in [-0.39, 0.29) is 0 Å². The van der Waals surface area contributed by atoms with Crippen LogP contribution in [0.1, 0.15) is 33.1 Å². The molecule has 0 saturated heterocycles. The Bertz CT molecular complexity index is 300. The summed E-state index contributed by atoms with van der Waals surface area (Å²) in [4.78, 5) is 0. The quantitative estimate of drug-likeness (QED) is 0.761. The van der Waals surface area contributed by atoms with Crippen molar-refractivity contribution in [3.8, 4) is 5.75 Å². The van der Waals surface area contributed by atoms with Gasteiger partial charge in [0.15, 0.2) is 0 Å². The van der Waals surface area contributed by atoms with E-state index in [2.05, 4.69) is 19.2 Å². The van der Waals surface area contributed by atoms with Gasteiger partial charge < -0.3 is 10.1 Å². The number of benzene rings is 1. The van der Waals surface area contributed by atoms with Crippen molar-refractivity contribution in [3.63, 3.8) is 0 Å². The van der Waals surface area contributed by atoms with Crippen LogP contribution in [0, 0.1) is 0 Å². The number of hydrogen-bond donors (Lipinski definition) is 1. The van der Waals surface area contributed by atoms with Crippen LogP contribution in [0.2, 0.25) is 5.02 Å². The van der Waals surface area contributed by atoms with E-state index in [1.165, 1.54) is 6.42 Å². The Morgan fingerprint density at radius 3 is 2.47 bits per heavy atom. The molecule has 0 aliphatic rings. The van der Waals surface area contributed by atoms with Crippen molar-refractivity contribution in [2.45, 2.75) is 39.2 Å². The summed E-state index contributed by atoms with van der Waals surface area (Å²) in [5, 5.41) is 4.24. The van der Waals surface area contributed by atoms with Gasteiger partial charge in [-0.1, -0.05) is 31.9 Å². The first-order chi connectivity index (χ1) is 8.26. The molecule has 1 aromatic carbocycles. The lowest BCUT2D eigenvalue weighted by Gasteiger charge is -2.18. The molecule has 0 radical (unpaired) electrons. The second kappa shape index (κ2) is 8.37. The van der Waals surface area contributed by atoms with Crippen molar-refractivity contribution in [2.75, 3.05) is 13.2 Å². The maximum absolute atomic E-state index is 5.82. The van der Waals surface area contributed by atoms with Crippen molar-refractivity contribution in [3.05, 3.63) is 29.3 Å². The van der Waals surface area contributed by atoms with E-state index in [0.29, 0.717) is 6.04 Å². The van der Waals surface area contributed by atoms with Crippen LogP contribution >= 0.6 is 11.6 Å². The number of hydrogen-bond acceptors (Lipinski definition) is 2. The Labute approximate surface area is 109 Å². The van der Waals surface area contributed by atoms with Gasteiger partial charge in [0.25, 0.3) is 0 Å². The summed E-state index contributed by atoms with van der Waals surface area (Å²) in [5.74, 6) is 0.883. The lowest BCUT2D eigenvalue weighted by molar-refractivity contribution is 0.256. The molecule has 0 aromatic heterocycles. The zero-order valence-corrected chi connectivity index (χ0v) is 11.5. The number of nitrogens with one attached hydrogen (secondary N) is 1. The molecular formula is C14H22ClNO. The maximum atomic E-state index is 5.82. The van der Waals surface area contributed by atoms with Crippen LogP contribution in [0.5, 0.6) is 5.75 Å². The molecule has 0 aliphatic carbocycles. The minimum absolute atomic E-state index is 0.440. The fourth-order valence-corrected chi connectivity index (χ4v) is 1.79. The highest BCUT2D eigenvalue weighted by Gasteiger charge is 2.07. The minimum atomic E-state index is 0.440. The highest BCUT2D eigenvalue weighted by atomic mass is 35.5. The standard InChI is InChI=1S/C14H22ClNO/c1-3-5-13(16-10-4-2)11-17-14-8-6-12(15)7-9-14/h6-9,13,16H,3-5,10-11H2,1-2H3. The molecule has 2 nitrogen and oxygen atoms in total. The molecule has 1 unspecified atom stereocenters. The van der Waals surface area contributed by atoms with Crippen molar-refractivity contribution in [1.29, 1.82) is 0 Å². The monoisotopic (exact) mass is 255 g/mol. The van der Waals surface area contributed by atoms with Gasteiger partial charge in [0.05, 0.1) is 0 Å².